The van der Waals surface area contributed by atoms with E-state index in [1.165, 1.54) is 9.47 Å². The van der Waals surface area contributed by atoms with Crippen LogP contribution < -0.4 is 10.7 Å². The summed E-state index contributed by atoms with van der Waals surface area (Å²) in [6.45, 7) is 9.49. The van der Waals surface area contributed by atoms with Crippen molar-refractivity contribution in [1.29, 1.82) is 0 Å². The van der Waals surface area contributed by atoms with E-state index < -0.39 is 17.5 Å². The molecule has 1 amide bonds. The molecule has 1 aromatic heterocycles. The largest absolute Gasteiger partial charge is 0.443 e. The van der Waals surface area contributed by atoms with Crippen molar-refractivity contribution in [3.63, 3.8) is 0 Å². The maximum Gasteiger partial charge on any atom is 0.424 e. The highest BCUT2D eigenvalue weighted by Crippen LogP contribution is 2.30. The second kappa shape index (κ2) is 8.89. The van der Waals surface area contributed by atoms with Gasteiger partial charge < -0.3 is 9.15 Å². The molecule has 0 aliphatic rings. The van der Waals surface area contributed by atoms with E-state index in [9.17, 15) is 9.59 Å². The predicted octanol–water partition coefficient (Wildman–Crippen LogP) is 7.15. The Balaban J connectivity index is 1.57. The minimum atomic E-state index is -0.732. The van der Waals surface area contributed by atoms with Gasteiger partial charge in [-0.05, 0) is 66.6 Å². The Bertz CT molecular complexity index is 1670. The molecule has 0 radical (unpaired) electrons. The van der Waals surface area contributed by atoms with E-state index in [4.69, 9.17) is 9.15 Å². The lowest BCUT2D eigenvalue weighted by atomic mass is 10.1. The Morgan fingerprint density at radius 1 is 0.861 bits per heavy atom. The van der Waals surface area contributed by atoms with Gasteiger partial charge in [0.2, 0.25) is 0 Å². The fourth-order valence-electron chi connectivity index (χ4n) is 4.08. The SMILES string of the molecule is C=C(c1cn(-c2ccc3ccccc3c2)c(=O)o1)N(C(=O)OC(C)(C)C)c1ccc2ccccc2c1. The van der Waals surface area contributed by atoms with Gasteiger partial charge in [0.05, 0.1) is 23.3 Å². The minimum absolute atomic E-state index is 0.159. The summed E-state index contributed by atoms with van der Waals surface area (Å²) < 4.78 is 12.7. The molecule has 0 N–H and O–H groups in total. The van der Waals surface area contributed by atoms with Gasteiger partial charge in [-0.2, -0.15) is 0 Å². The van der Waals surface area contributed by atoms with Crippen molar-refractivity contribution < 1.29 is 13.9 Å². The molecule has 0 saturated heterocycles. The van der Waals surface area contributed by atoms with Gasteiger partial charge >= 0.3 is 11.8 Å². The van der Waals surface area contributed by atoms with Gasteiger partial charge in [0.15, 0.2) is 5.76 Å². The first-order valence-electron chi connectivity index (χ1n) is 11.6. The highest BCUT2D eigenvalue weighted by molar-refractivity contribution is 6.03. The highest BCUT2D eigenvalue weighted by atomic mass is 16.6. The third-order valence-corrected chi connectivity index (χ3v) is 5.77. The molecule has 36 heavy (non-hydrogen) atoms. The van der Waals surface area contributed by atoms with Crippen LogP contribution in [0.2, 0.25) is 0 Å². The van der Waals surface area contributed by atoms with Gasteiger partial charge in [-0.3, -0.25) is 0 Å². The normalized spacial score (nSPS) is 11.5. The summed E-state index contributed by atoms with van der Waals surface area (Å²) in [7, 11) is 0. The van der Waals surface area contributed by atoms with Crippen molar-refractivity contribution in [1.82, 2.24) is 4.57 Å². The van der Waals surface area contributed by atoms with Gasteiger partial charge in [-0.25, -0.2) is 19.1 Å². The number of rotatable bonds is 4. The molecule has 0 aliphatic heterocycles. The van der Waals surface area contributed by atoms with Crippen LogP contribution in [0, 0.1) is 0 Å². The Hall–Kier alpha value is -4.58. The van der Waals surface area contributed by atoms with Crippen molar-refractivity contribution in [3.05, 3.63) is 114 Å². The summed E-state index contributed by atoms with van der Waals surface area (Å²) in [5.74, 6) is -0.420. The van der Waals surface area contributed by atoms with E-state index in [0.717, 1.165) is 21.5 Å². The van der Waals surface area contributed by atoms with Gasteiger partial charge in [-0.15, -0.1) is 0 Å². The Morgan fingerprint density at radius 2 is 1.44 bits per heavy atom. The smallest absolute Gasteiger partial charge is 0.424 e. The number of fused-ring (bicyclic) bond motifs is 2. The van der Waals surface area contributed by atoms with E-state index in [0.29, 0.717) is 11.4 Å². The Labute approximate surface area is 208 Å². The number of aromatic nitrogens is 1. The summed E-state index contributed by atoms with van der Waals surface area (Å²) in [6.07, 6.45) is 0.927. The highest BCUT2D eigenvalue weighted by Gasteiger charge is 2.28. The van der Waals surface area contributed by atoms with E-state index in [2.05, 4.69) is 6.58 Å². The molecule has 0 saturated carbocycles. The molecular formula is C30H26N2O4. The molecule has 5 rings (SSSR count). The maximum atomic E-state index is 13.3. The average molecular weight is 479 g/mol. The van der Waals surface area contributed by atoms with Crippen molar-refractivity contribution in [3.8, 4) is 5.69 Å². The van der Waals surface area contributed by atoms with Crippen LogP contribution in [-0.2, 0) is 4.74 Å². The number of carbonyl (C=O) groups excluding carboxylic acids is 1. The summed E-state index contributed by atoms with van der Waals surface area (Å²) in [4.78, 5) is 27.5. The number of amides is 1. The fourth-order valence-corrected chi connectivity index (χ4v) is 4.08. The third-order valence-electron chi connectivity index (χ3n) is 5.77. The van der Waals surface area contributed by atoms with Crippen LogP contribution in [-0.4, -0.2) is 16.3 Å². The first kappa shape index (κ1) is 23.2. The topological polar surface area (TPSA) is 64.7 Å². The van der Waals surface area contributed by atoms with Gasteiger partial charge in [0, 0.05) is 0 Å². The van der Waals surface area contributed by atoms with E-state index in [1.54, 1.807) is 27.0 Å². The number of ether oxygens (including phenoxy) is 1. The molecule has 5 aromatic rings. The molecule has 0 spiro atoms. The molecule has 4 aromatic carbocycles. The third kappa shape index (κ3) is 4.53. The molecule has 0 aliphatic carbocycles. The number of anilines is 1. The van der Waals surface area contributed by atoms with Crippen LogP contribution in [0.5, 0.6) is 0 Å². The second-order valence-electron chi connectivity index (χ2n) is 9.56. The Morgan fingerprint density at radius 3 is 2.08 bits per heavy atom. The first-order valence-corrected chi connectivity index (χ1v) is 11.6. The van der Waals surface area contributed by atoms with Crippen LogP contribution in [0.3, 0.4) is 0 Å². The summed E-state index contributed by atoms with van der Waals surface area (Å²) in [6, 6.07) is 27.1. The number of carbonyl (C=O) groups is 1. The molecule has 6 nitrogen and oxygen atoms in total. The van der Waals surface area contributed by atoms with E-state index in [-0.39, 0.29) is 11.5 Å². The molecule has 0 fully saturated rings. The first-order chi connectivity index (χ1) is 17.2. The van der Waals surface area contributed by atoms with E-state index in [1.807, 2.05) is 84.9 Å². The lowest BCUT2D eigenvalue weighted by molar-refractivity contribution is 0.0600. The number of benzene rings is 4. The average Bonchev–Trinajstić information content (AvgIpc) is 3.24. The lowest BCUT2D eigenvalue weighted by Crippen LogP contribution is -2.35. The van der Waals surface area contributed by atoms with Crippen LogP contribution >= 0.6 is 0 Å². The zero-order chi connectivity index (χ0) is 25.4. The summed E-state index contributed by atoms with van der Waals surface area (Å²) >= 11 is 0. The van der Waals surface area contributed by atoms with Crippen molar-refractivity contribution >= 4 is 39.0 Å². The molecule has 0 unspecified atom stereocenters. The minimum Gasteiger partial charge on any atom is -0.443 e. The van der Waals surface area contributed by atoms with Crippen molar-refractivity contribution in [2.24, 2.45) is 0 Å². The zero-order valence-electron chi connectivity index (χ0n) is 20.4. The van der Waals surface area contributed by atoms with Crippen LogP contribution in [0.25, 0.3) is 32.9 Å². The van der Waals surface area contributed by atoms with Crippen molar-refractivity contribution in [2.75, 3.05) is 4.90 Å². The fraction of sp³-hybridized carbons (Fsp3) is 0.133. The van der Waals surface area contributed by atoms with Crippen molar-refractivity contribution in [2.45, 2.75) is 26.4 Å². The molecule has 6 heteroatoms. The summed E-state index contributed by atoms with van der Waals surface area (Å²) in [5, 5.41) is 4.04. The maximum absolute atomic E-state index is 13.3. The number of nitrogens with zero attached hydrogens (tertiary/aromatic N) is 2. The molecule has 0 bridgehead atoms. The number of hydrogen-bond donors (Lipinski definition) is 0. The molecule has 180 valence electrons. The lowest BCUT2D eigenvalue weighted by Gasteiger charge is -2.28. The second-order valence-corrected chi connectivity index (χ2v) is 9.56. The number of oxazole rings is 1. The van der Waals surface area contributed by atoms with E-state index >= 15 is 0 Å². The van der Waals surface area contributed by atoms with Gasteiger partial charge in [0.25, 0.3) is 0 Å². The molecular weight excluding hydrogens is 452 g/mol. The number of hydrogen-bond acceptors (Lipinski definition) is 4. The molecule has 0 atom stereocenters. The quantitative estimate of drug-likeness (QED) is 0.275. The predicted molar refractivity (Wildman–Crippen MR) is 144 cm³/mol. The Kier molecular flexibility index (Phi) is 5.72. The molecule has 1 heterocycles. The standard InChI is InChI=1S/C30H26N2O4/c1-20(27-19-31(28(33)35-27)25-15-13-21-9-5-7-11-23(21)17-25)32(29(34)36-30(2,3)4)26-16-14-22-10-6-8-12-24(22)18-26/h5-19H,1H2,2-4H3. The van der Waals surface area contributed by atoms with Crippen LogP contribution in [0.4, 0.5) is 10.5 Å². The van der Waals surface area contributed by atoms with Gasteiger partial charge in [0.1, 0.15) is 5.60 Å². The van der Waals surface area contributed by atoms with Crippen LogP contribution in [0.1, 0.15) is 26.5 Å². The summed E-state index contributed by atoms with van der Waals surface area (Å²) in [5.41, 5.74) is 0.658. The monoisotopic (exact) mass is 478 g/mol. The van der Waals surface area contributed by atoms with Gasteiger partial charge in [-0.1, -0.05) is 67.2 Å². The van der Waals surface area contributed by atoms with Crippen LogP contribution in [0.15, 0.2) is 107 Å². The zero-order valence-corrected chi connectivity index (χ0v) is 20.4.